The first-order chi connectivity index (χ1) is 10.5. The molecule has 0 unspecified atom stereocenters. The SMILES string of the molecule is CC(C)CNS(=O)(=O)c1cccc2c(S(=O)(=O)O)ccc(O)c12. The molecule has 0 spiro atoms. The maximum Gasteiger partial charge on any atom is 0.295 e. The average molecular weight is 359 g/mol. The molecule has 2 aromatic rings. The van der Waals surface area contributed by atoms with Crippen molar-refractivity contribution in [2.45, 2.75) is 23.6 Å². The lowest BCUT2D eigenvalue weighted by molar-refractivity contribution is 0.478. The third kappa shape index (κ3) is 3.63. The number of rotatable bonds is 5. The van der Waals surface area contributed by atoms with Gasteiger partial charge in [-0.2, -0.15) is 8.42 Å². The highest BCUT2D eigenvalue weighted by Crippen LogP contribution is 2.34. The van der Waals surface area contributed by atoms with Crippen molar-refractivity contribution in [2.24, 2.45) is 5.92 Å². The van der Waals surface area contributed by atoms with Gasteiger partial charge in [0.15, 0.2) is 0 Å². The van der Waals surface area contributed by atoms with E-state index in [1.165, 1.54) is 18.2 Å². The standard InChI is InChI=1S/C14H17NO6S2/c1-9(2)8-15-22(17,18)13-5-3-4-10-12(23(19,20)21)7-6-11(16)14(10)13/h3-7,9,15-16H,8H2,1-2H3,(H,19,20,21). The number of fused-ring (bicyclic) bond motifs is 1. The highest BCUT2D eigenvalue weighted by atomic mass is 32.2. The molecular formula is C14H17NO6S2. The van der Waals surface area contributed by atoms with Crippen LogP contribution in [0.3, 0.4) is 0 Å². The van der Waals surface area contributed by atoms with E-state index >= 15 is 0 Å². The Morgan fingerprint density at radius 3 is 2.26 bits per heavy atom. The summed E-state index contributed by atoms with van der Waals surface area (Å²) in [4.78, 5) is -0.718. The topological polar surface area (TPSA) is 121 Å². The third-order valence-corrected chi connectivity index (χ3v) is 5.57. The van der Waals surface area contributed by atoms with Crippen LogP contribution in [0.1, 0.15) is 13.8 Å². The lowest BCUT2D eigenvalue weighted by atomic mass is 10.1. The van der Waals surface area contributed by atoms with Crippen LogP contribution in [0.15, 0.2) is 40.1 Å². The zero-order chi connectivity index (χ0) is 17.4. The monoisotopic (exact) mass is 359 g/mol. The molecule has 0 aliphatic heterocycles. The van der Waals surface area contributed by atoms with Crippen LogP contribution in [0.25, 0.3) is 10.8 Å². The van der Waals surface area contributed by atoms with Gasteiger partial charge in [-0.3, -0.25) is 4.55 Å². The predicted molar refractivity (Wildman–Crippen MR) is 85.5 cm³/mol. The van der Waals surface area contributed by atoms with Crippen LogP contribution < -0.4 is 4.72 Å². The number of phenolic OH excluding ortho intramolecular Hbond substituents is 1. The summed E-state index contributed by atoms with van der Waals surface area (Å²) in [5.74, 6) is -0.320. The Bertz CT molecular complexity index is 949. The van der Waals surface area contributed by atoms with Gasteiger partial charge in [-0.1, -0.05) is 26.0 Å². The van der Waals surface area contributed by atoms with Crippen LogP contribution in [0.2, 0.25) is 0 Å². The first-order valence-electron chi connectivity index (χ1n) is 6.76. The van der Waals surface area contributed by atoms with Crippen LogP contribution in [-0.2, 0) is 20.1 Å². The second-order valence-electron chi connectivity index (χ2n) is 5.48. The molecular weight excluding hydrogens is 342 g/mol. The molecule has 7 nitrogen and oxygen atoms in total. The third-order valence-electron chi connectivity index (χ3n) is 3.19. The zero-order valence-corrected chi connectivity index (χ0v) is 14.1. The summed E-state index contributed by atoms with van der Waals surface area (Å²) < 4.78 is 59.4. The molecule has 0 aliphatic carbocycles. The van der Waals surface area contributed by atoms with Crippen LogP contribution in [0.5, 0.6) is 5.75 Å². The molecule has 0 radical (unpaired) electrons. The van der Waals surface area contributed by atoms with Gasteiger partial charge < -0.3 is 5.11 Å². The minimum Gasteiger partial charge on any atom is -0.507 e. The molecule has 0 saturated heterocycles. The first kappa shape index (κ1) is 17.7. The minimum absolute atomic E-state index is 0.0695. The summed E-state index contributed by atoms with van der Waals surface area (Å²) >= 11 is 0. The van der Waals surface area contributed by atoms with Crippen LogP contribution in [0.4, 0.5) is 0 Å². The molecule has 3 N–H and O–H groups in total. The van der Waals surface area contributed by atoms with E-state index in [2.05, 4.69) is 4.72 Å². The van der Waals surface area contributed by atoms with Gasteiger partial charge in [0.25, 0.3) is 10.1 Å². The molecule has 0 fully saturated rings. The number of nitrogens with one attached hydrogen (secondary N) is 1. The molecule has 0 saturated carbocycles. The quantitative estimate of drug-likeness (QED) is 0.699. The van der Waals surface area contributed by atoms with E-state index in [0.717, 1.165) is 12.1 Å². The molecule has 2 rings (SSSR count). The Balaban J connectivity index is 2.77. The van der Waals surface area contributed by atoms with E-state index in [1.54, 1.807) is 0 Å². The molecule has 9 heteroatoms. The molecule has 0 atom stereocenters. The van der Waals surface area contributed by atoms with Gasteiger partial charge >= 0.3 is 0 Å². The Hall–Kier alpha value is -1.68. The number of aromatic hydroxyl groups is 1. The lowest BCUT2D eigenvalue weighted by Gasteiger charge is -2.13. The Kier molecular flexibility index (Phi) is 4.67. The highest BCUT2D eigenvalue weighted by molar-refractivity contribution is 7.89. The molecule has 0 aliphatic rings. The molecule has 0 amide bonds. The second kappa shape index (κ2) is 6.08. The Morgan fingerprint density at radius 1 is 1.04 bits per heavy atom. The highest BCUT2D eigenvalue weighted by Gasteiger charge is 2.23. The molecule has 0 heterocycles. The van der Waals surface area contributed by atoms with E-state index in [1.807, 2.05) is 13.8 Å². The molecule has 0 aromatic heterocycles. The van der Waals surface area contributed by atoms with Crippen molar-refractivity contribution in [1.29, 1.82) is 0 Å². The van der Waals surface area contributed by atoms with Gasteiger partial charge in [0.2, 0.25) is 10.0 Å². The largest absolute Gasteiger partial charge is 0.507 e. The molecule has 126 valence electrons. The summed E-state index contributed by atoms with van der Waals surface area (Å²) in [5, 5.41) is 9.79. The van der Waals surface area contributed by atoms with Crippen molar-refractivity contribution in [3.63, 3.8) is 0 Å². The van der Waals surface area contributed by atoms with Crippen LogP contribution in [0, 0.1) is 5.92 Å². The maximum absolute atomic E-state index is 12.4. The van der Waals surface area contributed by atoms with Gasteiger partial charge in [0.1, 0.15) is 10.6 Å². The number of benzene rings is 2. The summed E-state index contributed by atoms with van der Waals surface area (Å²) in [6.45, 7) is 3.86. The fraction of sp³-hybridized carbons (Fsp3) is 0.286. The lowest BCUT2D eigenvalue weighted by Crippen LogP contribution is -2.27. The number of hydrogen-bond acceptors (Lipinski definition) is 5. The van der Waals surface area contributed by atoms with E-state index in [9.17, 15) is 26.5 Å². The van der Waals surface area contributed by atoms with Crippen molar-refractivity contribution in [1.82, 2.24) is 4.72 Å². The van der Waals surface area contributed by atoms with Crippen molar-refractivity contribution >= 4 is 30.9 Å². The minimum atomic E-state index is -4.56. The van der Waals surface area contributed by atoms with E-state index in [0.29, 0.717) is 0 Å². The van der Waals surface area contributed by atoms with E-state index in [-0.39, 0.29) is 28.1 Å². The van der Waals surface area contributed by atoms with Crippen molar-refractivity contribution in [2.75, 3.05) is 6.54 Å². The second-order valence-corrected chi connectivity index (χ2v) is 8.61. The predicted octanol–water partition coefficient (Wildman–Crippen LogP) is 1.73. The fourth-order valence-corrected chi connectivity index (χ4v) is 4.27. The molecule has 2 aromatic carbocycles. The van der Waals surface area contributed by atoms with Crippen LogP contribution in [-0.4, -0.2) is 33.0 Å². The van der Waals surface area contributed by atoms with Gasteiger partial charge in [0, 0.05) is 17.3 Å². The van der Waals surface area contributed by atoms with Crippen molar-refractivity contribution in [3.05, 3.63) is 30.3 Å². The van der Waals surface area contributed by atoms with Gasteiger partial charge in [-0.15, -0.1) is 0 Å². The number of sulfonamides is 1. The molecule has 23 heavy (non-hydrogen) atoms. The van der Waals surface area contributed by atoms with Gasteiger partial charge in [-0.05, 0) is 24.1 Å². The Morgan fingerprint density at radius 2 is 1.70 bits per heavy atom. The first-order valence-corrected chi connectivity index (χ1v) is 9.68. The summed E-state index contributed by atoms with van der Waals surface area (Å²) in [5.41, 5.74) is 0. The molecule has 0 bridgehead atoms. The van der Waals surface area contributed by atoms with Crippen LogP contribution >= 0.6 is 0 Å². The summed E-state index contributed by atoms with van der Waals surface area (Å²) in [7, 11) is -8.51. The average Bonchev–Trinajstić information content (AvgIpc) is 2.44. The van der Waals surface area contributed by atoms with Crippen molar-refractivity contribution < 1.29 is 26.5 Å². The normalized spacial score (nSPS) is 12.9. The Labute approximate surface area is 134 Å². The number of hydrogen-bond donors (Lipinski definition) is 3. The van der Waals surface area contributed by atoms with Gasteiger partial charge in [0.05, 0.1) is 4.90 Å². The van der Waals surface area contributed by atoms with Gasteiger partial charge in [-0.25, -0.2) is 13.1 Å². The fourth-order valence-electron chi connectivity index (χ4n) is 2.13. The van der Waals surface area contributed by atoms with Crippen molar-refractivity contribution in [3.8, 4) is 5.75 Å². The zero-order valence-electron chi connectivity index (χ0n) is 12.5. The van der Waals surface area contributed by atoms with E-state index in [4.69, 9.17) is 0 Å². The van der Waals surface area contributed by atoms with E-state index < -0.39 is 30.8 Å². The smallest absolute Gasteiger partial charge is 0.295 e. The summed E-state index contributed by atoms with van der Waals surface area (Å²) in [6.07, 6.45) is 0. The maximum atomic E-state index is 12.4. The number of phenols is 1. The summed E-state index contributed by atoms with van der Waals surface area (Å²) in [6, 6.07) is 5.98.